The molecule has 10 heteroatoms. The lowest BCUT2D eigenvalue weighted by Crippen LogP contribution is -2.34. The number of hydrogen-bond acceptors (Lipinski definition) is 9. The first kappa shape index (κ1) is 40.0. The summed E-state index contributed by atoms with van der Waals surface area (Å²) in [6.45, 7) is 14.8. The van der Waals surface area contributed by atoms with E-state index in [0.717, 1.165) is 16.7 Å². The number of ether oxygens (including phenoxy) is 8. The third-order valence-electron chi connectivity index (χ3n) is 7.08. The largest absolute Gasteiger partial charge is 0.415 e. The molecule has 0 saturated carbocycles. The van der Waals surface area contributed by atoms with E-state index in [0.29, 0.717) is 106 Å². The van der Waals surface area contributed by atoms with Crippen LogP contribution in [-0.2, 0) is 47.9 Å². The zero-order valence-electron chi connectivity index (χ0n) is 29.1. The molecule has 3 aromatic rings. The lowest BCUT2D eigenvalue weighted by atomic mass is 9.80. The Labute approximate surface area is 288 Å². The predicted octanol–water partition coefficient (Wildman–Crippen LogP) is 5.96. The van der Waals surface area contributed by atoms with E-state index in [1.54, 1.807) is 0 Å². The molecule has 9 nitrogen and oxygen atoms in total. The SMILES string of the molecule is C[Si](C)(C)OCCOCCOCCOCCOCCOCCOCCOCCOC(c1ccccc1)(c1ccccc1)c1ccccc1. The van der Waals surface area contributed by atoms with Crippen molar-refractivity contribution in [3.8, 4) is 0 Å². The summed E-state index contributed by atoms with van der Waals surface area (Å²) in [6, 6.07) is 31.0. The van der Waals surface area contributed by atoms with Crippen LogP contribution in [0.4, 0.5) is 0 Å². The Bertz CT molecular complexity index is 1070. The molecule has 0 fully saturated rings. The van der Waals surface area contributed by atoms with Crippen molar-refractivity contribution in [1.29, 1.82) is 0 Å². The van der Waals surface area contributed by atoms with Crippen molar-refractivity contribution in [3.63, 3.8) is 0 Å². The van der Waals surface area contributed by atoms with Crippen LogP contribution in [0.1, 0.15) is 16.7 Å². The normalized spacial score (nSPS) is 12.1. The van der Waals surface area contributed by atoms with Crippen LogP contribution in [0.5, 0.6) is 0 Å². The summed E-state index contributed by atoms with van der Waals surface area (Å²) in [4.78, 5) is 0. The van der Waals surface area contributed by atoms with Gasteiger partial charge in [-0.1, -0.05) is 91.0 Å². The molecule has 0 aliphatic rings. The van der Waals surface area contributed by atoms with Crippen LogP contribution < -0.4 is 0 Å². The third-order valence-corrected chi connectivity index (χ3v) is 8.15. The van der Waals surface area contributed by atoms with Crippen molar-refractivity contribution in [2.24, 2.45) is 0 Å². The molecule has 48 heavy (non-hydrogen) atoms. The molecule has 0 aliphatic carbocycles. The van der Waals surface area contributed by atoms with Crippen LogP contribution in [0.25, 0.3) is 0 Å². The van der Waals surface area contributed by atoms with E-state index < -0.39 is 13.9 Å². The quantitative estimate of drug-likeness (QED) is 0.0500. The fourth-order valence-corrected chi connectivity index (χ4v) is 5.55. The summed E-state index contributed by atoms with van der Waals surface area (Å²) in [6.07, 6.45) is 0. The number of rotatable bonds is 29. The molecule has 0 amide bonds. The van der Waals surface area contributed by atoms with Gasteiger partial charge in [0.2, 0.25) is 0 Å². The topological polar surface area (TPSA) is 83.1 Å². The molecule has 0 N–H and O–H groups in total. The minimum absolute atomic E-state index is 0.422. The first-order chi connectivity index (χ1) is 23.5. The second kappa shape index (κ2) is 24.6. The number of benzene rings is 3. The van der Waals surface area contributed by atoms with E-state index >= 15 is 0 Å². The van der Waals surface area contributed by atoms with Gasteiger partial charge in [0.05, 0.1) is 106 Å². The second-order valence-corrected chi connectivity index (χ2v) is 16.4. The molecule has 0 saturated heterocycles. The summed E-state index contributed by atoms with van der Waals surface area (Å²) in [5, 5.41) is 0. The molecule has 3 rings (SSSR count). The lowest BCUT2D eigenvalue weighted by Gasteiger charge is -2.36. The Kier molecular flexibility index (Phi) is 20.5. The van der Waals surface area contributed by atoms with E-state index in [2.05, 4.69) is 56.0 Å². The monoisotopic (exact) mass is 684 g/mol. The van der Waals surface area contributed by atoms with Crippen LogP contribution in [0.3, 0.4) is 0 Å². The molecule has 266 valence electrons. The highest BCUT2D eigenvalue weighted by molar-refractivity contribution is 6.69. The van der Waals surface area contributed by atoms with Gasteiger partial charge in [-0.25, -0.2) is 0 Å². The average Bonchev–Trinajstić information content (AvgIpc) is 3.10. The molecule has 0 unspecified atom stereocenters. The van der Waals surface area contributed by atoms with Crippen molar-refractivity contribution < 1.29 is 42.3 Å². The fraction of sp³-hybridized carbons (Fsp3) is 0.526. The van der Waals surface area contributed by atoms with Crippen molar-refractivity contribution >= 4 is 8.32 Å². The lowest BCUT2D eigenvalue weighted by molar-refractivity contribution is -0.0397. The Morgan fingerprint density at radius 3 is 0.875 bits per heavy atom. The molecule has 3 aromatic carbocycles. The highest BCUT2D eigenvalue weighted by Gasteiger charge is 2.37. The molecule has 0 atom stereocenters. The first-order valence-electron chi connectivity index (χ1n) is 17.0. The summed E-state index contributed by atoms with van der Waals surface area (Å²) in [5.41, 5.74) is 2.47. The Hall–Kier alpha value is -2.48. The van der Waals surface area contributed by atoms with E-state index in [9.17, 15) is 0 Å². The van der Waals surface area contributed by atoms with Crippen molar-refractivity contribution in [1.82, 2.24) is 0 Å². The van der Waals surface area contributed by atoms with Gasteiger partial charge >= 0.3 is 0 Å². The maximum Gasteiger partial charge on any atom is 0.183 e. The minimum Gasteiger partial charge on any atom is -0.415 e. The summed E-state index contributed by atoms with van der Waals surface area (Å²) in [5.74, 6) is 0. The van der Waals surface area contributed by atoms with E-state index in [-0.39, 0.29) is 0 Å². The molecular weight excluding hydrogens is 628 g/mol. The third kappa shape index (κ3) is 16.3. The van der Waals surface area contributed by atoms with Gasteiger partial charge in [-0.3, -0.25) is 0 Å². The maximum atomic E-state index is 6.72. The van der Waals surface area contributed by atoms with Gasteiger partial charge in [0.15, 0.2) is 8.32 Å². The van der Waals surface area contributed by atoms with Gasteiger partial charge in [0.1, 0.15) is 5.60 Å². The molecule has 0 aromatic heterocycles. The van der Waals surface area contributed by atoms with E-state index in [4.69, 9.17) is 42.3 Å². The fourth-order valence-electron chi connectivity index (χ4n) is 4.85. The van der Waals surface area contributed by atoms with E-state index in [1.165, 1.54) is 0 Å². The van der Waals surface area contributed by atoms with Crippen LogP contribution in [0.2, 0.25) is 19.6 Å². The minimum atomic E-state index is -1.46. The summed E-state index contributed by atoms with van der Waals surface area (Å²) < 4.78 is 51.6. The summed E-state index contributed by atoms with van der Waals surface area (Å²) >= 11 is 0. The predicted molar refractivity (Wildman–Crippen MR) is 190 cm³/mol. The van der Waals surface area contributed by atoms with Gasteiger partial charge in [0.25, 0.3) is 0 Å². The zero-order valence-corrected chi connectivity index (χ0v) is 30.1. The Balaban J connectivity index is 1.15. The smallest absolute Gasteiger partial charge is 0.183 e. The van der Waals surface area contributed by atoms with Gasteiger partial charge in [0, 0.05) is 0 Å². The Morgan fingerprint density at radius 1 is 0.354 bits per heavy atom. The van der Waals surface area contributed by atoms with Crippen molar-refractivity contribution in [3.05, 3.63) is 108 Å². The summed E-state index contributed by atoms with van der Waals surface area (Å²) in [7, 11) is -1.46. The van der Waals surface area contributed by atoms with Crippen LogP contribution in [0, 0.1) is 0 Å². The maximum absolute atomic E-state index is 6.72. The highest BCUT2D eigenvalue weighted by atomic mass is 28.4. The van der Waals surface area contributed by atoms with Crippen LogP contribution >= 0.6 is 0 Å². The van der Waals surface area contributed by atoms with Gasteiger partial charge in [-0.2, -0.15) is 0 Å². The second-order valence-electron chi connectivity index (χ2n) is 11.9. The van der Waals surface area contributed by atoms with Gasteiger partial charge in [-0.15, -0.1) is 0 Å². The molecule has 0 heterocycles. The zero-order chi connectivity index (χ0) is 34.0. The molecule has 0 aliphatic heterocycles. The molecule has 0 spiro atoms. The van der Waals surface area contributed by atoms with E-state index in [1.807, 2.05) is 54.6 Å². The standard InChI is InChI=1S/C38H56O9Si/c1-48(2,3)47-34-32-45-30-28-43-26-24-41-22-20-39-19-21-40-23-25-42-27-29-44-31-33-46-38(35-13-7-4-8-14-35,36-15-9-5-10-16-36)37-17-11-6-12-18-37/h4-18H,19-34H2,1-3H3. The van der Waals surface area contributed by atoms with Gasteiger partial charge in [-0.05, 0) is 36.3 Å². The Morgan fingerprint density at radius 2 is 0.604 bits per heavy atom. The van der Waals surface area contributed by atoms with Gasteiger partial charge < -0.3 is 42.3 Å². The first-order valence-corrected chi connectivity index (χ1v) is 20.4. The van der Waals surface area contributed by atoms with Crippen molar-refractivity contribution in [2.75, 3.05) is 106 Å². The molecule has 0 bridgehead atoms. The van der Waals surface area contributed by atoms with Crippen molar-refractivity contribution in [2.45, 2.75) is 25.2 Å². The average molecular weight is 685 g/mol. The number of hydrogen-bond donors (Lipinski definition) is 0. The molecule has 0 radical (unpaired) electrons. The van der Waals surface area contributed by atoms with Crippen LogP contribution in [0.15, 0.2) is 91.0 Å². The van der Waals surface area contributed by atoms with Crippen LogP contribution in [-0.4, -0.2) is 114 Å². The molecular formula is C38H56O9Si. The highest BCUT2D eigenvalue weighted by Crippen LogP contribution is 2.40.